The van der Waals surface area contributed by atoms with Gasteiger partial charge in [-0.15, -0.1) is 0 Å². The van der Waals surface area contributed by atoms with Gasteiger partial charge in [0.25, 0.3) is 11.8 Å². The van der Waals surface area contributed by atoms with Gasteiger partial charge in [-0.2, -0.15) is 10.2 Å². The predicted molar refractivity (Wildman–Crippen MR) is 78.4 cm³/mol. The molecule has 0 aliphatic carbocycles. The van der Waals surface area contributed by atoms with Crippen LogP contribution in [0.5, 0.6) is 0 Å². The molecule has 0 atom stereocenters. The average Bonchev–Trinajstić information content (AvgIpc) is 2.96. The van der Waals surface area contributed by atoms with E-state index in [-0.39, 0.29) is 11.4 Å². The maximum atomic E-state index is 12.4. The summed E-state index contributed by atoms with van der Waals surface area (Å²) in [5.74, 6) is -1.92. The Bertz CT molecular complexity index is 758. The number of amides is 2. The Labute approximate surface area is 126 Å². The van der Waals surface area contributed by atoms with Crippen LogP contribution < -0.4 is 10.6 Å². The normalized spacial score (nSPS) is 10.4. The Morgan fingerprint density at radius 3 is 2.14 bits per heavy atom. The number of nitrogens with zero attached hydrogens (tertiary/aromatic N) is 4. The van der Waals surface area contributed by atoms with Crippen LogP contribution in [0.1, 0.15) is 23.1 Å². The minimum Gasteiger partial charge on any atom is -0.318 e. The van der Waals surface area contributed by atoms with Crippen molar-refractivity contribution in [3.63, 3.8) is 0 Å². The Morgan fingerprint density at radius 2 is 1.59 bits per heavy atom. The molecule has 2 rings (SSSR count). The van der Waals surface area contributed by atoms with Crippen molar-refractivity contribution in [2.24, 2.45) is 14.1 Å². The van der Waals surface area contributed by atoms with Crippen LogP contribution in [0.25, 0.3) is 0 Å². The summed E-state index contributed by atoms with van der Waals surface area (Å²) in [4.78, 5) is 34.9. The molecular formula is C13H16N6O3. The van der Waals surface area contributed by atoms with Crippen molar-refractivity contribution in [3.05, 3.63) is 23.8 Å². The van der Waals surface area contributed by atoms with E-state index in [9.17, 15) is 14.4 Å². The second-order valence-corrected chi connectivity index (χ2v) is 4.76. The van der Waals surface area contributed by atoms with E-state index in [2.05, 4.69) is 20.8 Å². The van der Waals surface area contributed by atoms with Gasteiger partial charge in [0.2, 0.25) is 5.78 Å². The van der Waals surface area contributed by atoms with Gasteiger partial charge in [-0.05, 0) is 6.92 Å². The largest absolute Gasteiger partial charge is 0.318 e. The lowest BCUT2D eigenvalue weighted by Gasteiger charge is -2.08. The average molecular weight is 304 g/mol. The van der Waals surface area contributed by atoms with Crippen LogP contribution in [0.4, 0.5) is 11.4 Å². The second kappa shape index (κ2) is 5.80. The highest BCUT2D eigenvalue weighted by atomic mass is 16.2. The number of hydrogen-bond acceptors (Lipinski definition) is 5. The van der Waals surface area contributed by atoms with Crippen molar-refractivity contribution in [2.45, 2.75) is 13.8 Å². The van der Waals surface area contributed by atoms with E-state index in [1.165, 1.54) is 17.1 Å². The number of Topliss-reactive ketones (excluding diaryl/α,β-unsaturated/α-hetero) is 1. The van der Waals surface area contributed by atoms with E-state index in [1.54, 1.807) is 18.8 Å². The van der Waals surface area contributed by atoms with Crippen LogP contribution in [0.3, 0.4) is 0 Å². The standard InChI is InChI=1S/C13H16N6O3/c1-7-9(5-14-18(7)3)16-13(22)11-10(6-15-19(11)4)17-12(21)8(2)20/h5-6H,1-4H3,(H,16,22)(H,17,21). The molecule has 2 aromatic heterocycles. The topological polar surface area (TPSA) is 111 Å². The van der Waals surface area contributed by atoms with E-state index in [1.807, 2.05) is 6.92 Å². The minimum absolute atomic E-state index is 0.137. The maximum absolute atomic E-state index is 12.4. The third-order valence-electron chi connectivity index (χ3n) is 3.21. The van der Waals surface area contributed by atoms with Gasteiger partial charge < -0.3 is 10.6 Å². The lowest BCUT2D eigenvalue weighted by atomic mass is 10.3. The summed E-state index contributed by atoms with van der Waals surface area (Å²) in [5, 5.41) is 13.0. The summed E-state index contributed by atoms with van der Waals surface area (Å²) in [6.45, 7) is 2.95. The SMILES string of the molecule is CC(=O)C(=O)Nc1cnn(C)c1C(=O)Nc1cnn(C)c1C. The van der Waals surface area contributed by atoms with Gasteiger partial charge in [0, 0.05) is 21.0 Å². The second-order valence-electron chi connectivity index (χ2n) is 4.76. The highest BCUT2D eigenvalue weighted by Crippen LogP contribution is 2.18. The zero-order chi connectivity index (χ0) is 16.4. The molecule has 2 amide bonds. The molecule has 0 spiro atoms. The van der Waals surface area contributed by atoms with Gasteiger partial charge in [-0.3, -0.25) is 23.7 Å². The van der Waals surface area contributed by atoms with Crippen LogP contribution in [0.15, 0.2) is 12.4 Å². The van der Waals surface area contributed by atoms with Crippen molar-refractivity contribution in [1.82, 2.24) is 19.6 Å². The molecule has 0 aliphatic rings. The molecule has 0 saturated carbocycles. The number of rotatable bonds is 4. The third-order valence-corrected chi connectivity index (χ3v) is 3.21. The van der Waals surface area contributed by atoms with Crippen molar-refractivity contribution >= 4 is 29.0 Å². The van der Waals surface area contributed by atoms with E-state index >= 15 is 0 Å². The molecule has 116 valence electrons. The van der Waals surface area contributed by atoms with E-state index < -0.39 is 17.6 Å². The minimum atomic E-state index is -0.806. The van der Waals surface area contributed by atoms with Crippen molar-refractivity contribution in [3.8, 4) is 0 Å². The number of nitrogens with one attached hydrogen (secondary N) is 2. The number of hydrogen-bond donors (Lipinski definition) is 2. The van der Waals surface area contributed by atoms with Gasteiger partial charge >= 0.3 is 0 Å². The lowest BCUT2D eigenvalue weighted by molar-refractivity contribution is -0.133. The van der Waals surface area contributed by atoms with Crippen LogP contribution in [0, 0.1) is 6.92 Å². The van der Waals surface area contributed by atoms with Crippen LogP contribution in [-0.2, 0) is 23.7 Å². The first kappa shape index (κ1) is 15.4. The summed E-state index contributed by atoms with van der Waals surface area (Å²) < 4.78 is 2.94. The fourth-order valence-corrected chi connectivity index (χ4v) is 1.81. The van der Waals surface area contributed by atoms with Gasteiger partial charge in [0.05, 0.1) is 29.5 Å². The third kappa shape index (κ3) is 2.87. The molecule has 0 bridgehead atoms. The van der Waals surface area contributed by atoms with Crippen LogP contribution >= 0.6 is 0 Å². The van der Waals surface area contributed by atoms with Crippen molar-refractivity contribution < 1.29 is 14.4 Å². The van der Waals surface area contributed by atoms with Gasteiger partial charge in [-0.1, -0.05) is 0 Å². The summed E-state index contributed by atoms with van der Waals surface area (Å²) in [6, 6.07) is 0. The summed E-state index contributed by atoms with van der Waals surface area (Å²) in [7, 11) is 3.32. The van der Waals surface area contributed by atoms with Gasteiger partial charge in [0.1, 0.15) is 5.69 Å². The predicted octanol–water partition coefficient (Wildman–Crippen LogP) is 0.242. The van der Waals surface area contributed by atoms with E-state index in [0.29, 0.717) is 5.69 Å². The fraction of sp³-hybridized carbons (Fsp3) is 0.308. The summed E-state index contributed by atoms with van der Waals surface area (Å²) >= 11 is 0. The molecule has 9 heteroatoms. The molecule has 0 fully saturated rings. The molecule has 22 heavy (non-hydrogen) atoms. The summed E-state index contributed by atoms with van der Waals surface area (Å²) in [5.41, 5.74) is 1.64. The summed E-state index contributed by atoms with van der Waals surface area (Å²) in [6.07, 6.45) is 2.84. The Kier molecular flexibility index (Phi) is 4.06. The molecule has 0 unspecified atom stereocenters. The van der Waals surface area contributed by atoms with Gasteiger partial charge in [0.15, 0.2) is 0 Å². The van der Waals surface area contributed by atoms with Gasteiger partial charge in [-0.25, -0.2) is 0 Å². The fourth-order valence-electron chi connectivity index (χ4n) is 1.81. The Hall–Kier alpha value is -2.97. The van der Waals surface area contributed by atoms with Crippen molar-refractivity contribution in [2.75, 3.05) is 10.6 Å². The number of aromatic nitrogens is 4. The first-order chi connectivity index (χ1) is 10.3. The van der Waals surface area contributed by atoms with E-state index in [0.717, 1.165) is 12.6 Å². The molecule has 9 nitrogen and oxygen atoms in total. The van der Waals surface area contributed by atoms with Crippen LogP contribution in [0.2, 0.25) is 0 Å². The molecule has 0 aliphatic heterocycles. The number of carbonyl (C=O) groups excluding carboxylic acids is 3. The first-order valence-corrected chi connectivity index (χ1v) is 6.45. The number of carbonyl (C=O) groups is 3. The zero-order valence-corrected chi connectivity index (χ0v) is 12.7. The Morgan fingerprint density at radius 1 is 1.00 bits per heavy atom. The smallest absolute Gasteiger partial charge is 0.291 e. The zero-order valence-electron chi connectivity index (χ0n) is 12.7. The molecule has 0 aromatic carbocycles. The highest BCUT2D eigenvalue weighted by Gasteiger charge is 2.21. The lowest BCUT2D eigenvalue weighted by Crippen LogP contribution is -2.23. The maximum Gasteiger partial charge on any atom is 0.291 e. The monoisotopic (exact) mass is 304 g/mol. The molecule has 2 aromatic rings. The number of aryl methyl sites for hydroxylation is 2. The van der Waals surface area contributed by atoms with Crippen LogP contribution in [-0.4, -0.2) is 37.2 Å². The number of ketones is 1. The molecule has 0 radical (unpaired) electrons. The quantitative estimate of drug-likeness (QED) is 0.786. The Balaban J connectivity index is 2.26. The molecule has 2 N–H and O–H groups in total. The van der Waals surface area contributed by atoms with Crippen molar-refractivity contribution in [1.29, 1.82) is 0 Å². The molecule has 2 heterocycles. The highest BCUT2D eigenvalue weighted by molar-refractivity contribution is 6.40. The molecular weight excluding hydrogens is 288 g/mol. The number of anilines is 2. The molecule has 0 saturated heterocycles. The van der Waals surface area contributed by atoms with E-state index in [4.69, 9.17) is 0 Å². The first-order valence-electron chi connectivity index (χ1n) is 6.45.